The van der Waals surface area contributed by atoms with Gasteiger partial charge in [-0.15, -0.1) is 10.2 Å². The average Bonchev–Trinajstić information content (AvgIpc) is 2.95. The summed E-state index contributed by atoms with van der Waals surface area (Å²) in [6, 6.07) is 11.4. The molecule has 2 heterocycles. The maximum Gasteiger partial charge on any atom is 0.259 e. The van der Waals surface area contributed by atoms with Crippen LogP contribution in [0.4, 0.5) is 5.69 Å². The minimum atomic E-state index is -0.197. The van der Waals surface area contributed by atoms with Gasteiger partial charge in [0.2, 0.25) is 0 Å². The van der Waals surface area contributed by atoms with Crippen molar-refractivity contribution in [2.24, 2.45) is 5.73 Å². The van der Waals surface area contributed by atoms with Gasteiger partial charge in [0.05, 0.1) is 5.56 Å². The van der Waals surface area contributed by atoms with Gasteiger partial charge in [0.25, 0.3) is 5.91 Å². The summed E-state index contributed by atoms with van der Waals surface area (Å²) in [7, 11) is 0. The smallest absolute Gasteiger partial charge is 0.259 e. The number of hydrogen-bond donors (Lipinski definition) is 2. The van der Waals surface area contributed by atoms with Crippen molar-refractivity contribution >= 4 is 17.2 Å². The highest BCUT2D eigenvalue weighted by Gasteiger charge is 2.13. The molecule has 2 aromatic heterocycles. The fraction of sp³-hybridized carbons (Fsp3) is 0.235. The third-order valence-corrected chi connectivity index (χ3v) is 3.73. The van der Waals surface area contributed by atoms with Gasteiger partial charge in [-0.05, 0) is 56.1 Å². The second kappa shape index (κ2) is 6.58. The van der Waals surface area contributed by atoms with Crippen molar-refractivity contribution in [3.63, 3.8) is 0 Å². The van der Waals surface area contributed by atoms with E-state index in [0.717, 1.165) is 24.4 Å². The SMILES string of the molecule is Cc1nnc2c(C(=O)Nc3ccc(CCCN)cc3)cccn12. The first-order chi connectivity index (χ1) is 11.2. The lowest BCUT2D eigenvalue weighted by Gasteiger charge is -2.07. The van der Waals surface area contributed by atoms with Crippen molar-refractivity contribution in [2.45, 2.75) is 19.8 Å². The van der Waals surface area contributed by atoms with Gasteiger partial charge < -0.3 is 11.1 Å². The molecule has 6 nitrogen and oxygen atoms in total. The third kappa shape index (κ3) is 3.22. The Bertz CT molecular complexity index is 823. The number of aryl methyl sites for hydroxylation is 2. The Morgan fingerprint density at radius 2 is 2.00 bits per heavy atom. The standard InChI is InChI=1S/C17H19N5O/c1-12-20-21-16-15(5-3-11-22(12)16)17(23)19-14-8-6-13(7-9-14)4-2-10-18/h3,5-9,11H,2,4,10,18H2,1H3,(H,19,23). The van der Waals surface area contributed by atoms with Crippen LogP contribution in [0.25, 0.3) is 5.65 Å². The first kappa shape index (κ1) is 15.2. The lowest BCUT2D eigenvalue weighted by Crippen LogP contribution is -2.13. The molecule has 0 spiro atoms. The van der Waals surface area contributed by atoms with Crippen LogP contribution in [0, 0.1) is 6.92 Å². The number of fused-ring (bicyclic) bond motifs is 1. The van der Waals surface area contributed by atoms with E-state index < -0.39 is 0 Å². The second-order valence-electron chi connectivity index (χ2n) is 5.41. The van der Waals surface area contributed by atoms with Crippen LogP contribution in [0.2, 0.25) is 0 Å². The molecule has 0 atom stereocenters. The molecule has 0 fully saturated rings. The van der Waals surface area contributed by atoms with Crippen LogP contribution in [-0.2, 0) is 6.42 Å². The first-order valence-corrected chi connectivity index (χ1v) is 7.60. The quantitative estimate of drug-likeness (QED) is 0.756. The van der Waals surface area contributed by atoms with E-state index in [1.54, 1.807) is 10.5 Å². The zero-order valence-electron chi connectivity index (χ0n) is 13.0. The number of carbonyl (C=O) groups is 1. The fourth-order valence-electron chi connectivity index (χ4n) is 2.47. The Morgan fingerprint density at radius 3 is 2.74 bits per heavy atom. The van der Waals surface area contributed by atoms with Crippen molar-refractivity contribution in [3.8, 4) is 0 Å². The molecule has 0 unspecified atom stereocenters. The van der Waals surface area contributed by atoms with E-state index in [4.69, 9.17) is 5.73 Å². The Kier molecular flexibility index (Phi) is 4.34. The van der Waals surface area contributed by atoms with Gasteiger partial charge in [0.15, 0.2) is 5.65 Å². The molecule has 0 aliphatic carbocycles. The van der Waals surface area contributed by atoms with Gasteiger partial charge in [-0.2, -0.15) is 0 Å². The monoisotopic (exact) mass is 309 g/mol. The van der Waals surface area contributed by atoms with Crippen LogP contribution < -0.4 is 11.1 Å². The molecule has 0 radical (unpaired) electrons. The van der Waals surface area contributed by atoms with Gasteiger partial charge in [-0.3, -0.25) is 9.20 Å². The first-order valence-electron chi connectivity index (χ1n) is 7.60. The Morgan fingerprint density at radius 1 is 1.22 bits per heavy atom. The fourth-order valence-corrected chi connectivity index (χ4v) is 2.47. The van der Waals surface area contributed by atoms with Crippen LogP contribution in [0.3, 0.4) is 0 Å². The molecule has 1 amide bonds. The van der Waals surface area contributed by atoms with Gasteiger partial charge in [0, 0.05) is 11.9 Å². The summed E-state index contributed by atoms with van der Waals surface area (Å²) in [6.07, 6.45) is 3.75. The zero-order chi connectivity index (χ0) is 16.2. The number of nitrogens with two attached hydrogens (primary N) is 1. The third-order valence-electron chi connectivity index (χ3n) is 3.73. The molecular formula is C17H19N5O. The Balaban J connectivity index is 1.78. The summed E-state index contributed by atoms with van der Waals surface area (Å²) < 4.78 is 1.80. The number of benzene rings is 1. The average molecular weight is 309 g/mol. The van der Waals surface area contributed by atoms with Crippen LogP contribution >= 0.6 is 0 Å². The van der Waals surface area contributed by atoms with Gasteiger partial charge >= 0.3 is 0 Å². The van der Waals surface area contributed by atoms with Crippen LogP contribution in [-0.4, -0.2) is 27.0 Å². The highest BCUT2D eigenvalue weighted by Crippen LogP contribution is 2.15. The normalized spacial score (nSPS) is 10.9. The Labute approximate surface area is 134 Å². The molecule has 0 aliphatic rings. The molecule has 23 heavy (non-hydrogen) atoms. The van der Waals surface area contributed by atoms with Crippen molar-refractivity contribution < 1.29 is 4.79 Å². The van der Waals surface area contributed by atoms with E-state index in [0.29, 0.717) is 17.8 Å². The molecule has 0 bridgehead atoms. The number of anilines is 1. The van der Waals surface area contributed by atoms with Crippen molar-refractivity contribution in [3.05, 3.63) is 59.5 Å². The predicted octanol–water partition coefficient (Wildman–Crippen LogP) is 2.18. The molecule has 1 aromatic carbocycles. The lowest BCUT2D eigenvalue weighted by molar-refractivity contribution is 0.102. The number of amides is 1. The molecule has 3 rings (SSSR count). The molecule has 6 heteroatoms. The minimum Gasteiger partial charge on any atom is -0.330 e. The number of pyridine rings is 1. The zero-order valence-corrected chi connectivity index (χ0v) is 13.0. The molecule has 118 valence electrons. The van der Waals surface area contributed by atoms with Crippen molar-refractivity contribution in [1.29, 1.82) is 0 Å². The van der Waals surface area contributed by atoms with E-state index >= 15 is 0 Å². The van der Waals surface area contributed by atoms with E-state index in [1.165, 1.54) is 5.56 Å². The maximum absolute atomic E-state index is 12.5. The molecule has 3 N–H and O–H groups in total. The largest absolute Gasteiger partial charge is 0.330 e. The lowest BCUT2D eigenvalue weighted by atomic mass is 10.1. The number of aromatic nitrogens is 3. The second-order valence-corrected chi connectivity index (χ2v) is 5.41. The van der Waals surface area contributed by atoms with Crippen LogP contribution in [0.5, 0.6) is 0 Å². The summed E-state index contributed by atoms with van der Waals surface area (Å²) in [5, 5.41) is 11.0. The molecule has 3 aromatic rings. The van der Waals surface area contributed by atoms with Gasteiger partial charge in [-0.1, -0.05) is 12.1 Å². The molecule has 0 saturated heterocycles. The Hall–Kier alpha value is -2.73. The minimum absolute atomic E-state index is 0.197. The van der Waals surface area contributed by atoms with E-state index in [2.05, 4.69) is 15.5 Å². The number of rotatable bonds is 5. The molecule has 0 saturated carbocycles. The maximum atomic E-state index is 12.5. The number of nitrogens with one attached hydrogen (secondary N) is 1. The molecular weight excluding hydrogens is 290 g/mol. The highest BCUT2D eigenvalue weighted by molar-refractivity contribution is 6.08. The van der Waals surface area contributed by atoms with Gasteiger partial charge in [0.1, 0.15) is 5.82 Å². The summed E-state index contributed by atoms with van der Waals surface area (Å²) in [5.41, 5.74) is 8.54. The number of nitrogens with zero attached hydrogens (tertiary/aromatic N) is 3. The molecule has 0 aliphatic heterocycles. The van der Waals surface area contributed by atoms with Crippen molar-refractivity contribution in [2.75, 3.05) is 11.9 Å². The highest BCUT2D eigenvalue weighted by atomic mass is 16.1. The topological polar surface area (TPSA) is 85.3 Å². The summed E-state index contributed by atoms with van der Waals surface area (Å²) in [6.45, 7) is 2.53. The number of carbonyl (C=O) groups excluding carboxylic acids is 1. The summed E-state index contributed by atoms with van der Waals surface area (Å²) in [5.74, 6) is 0.552. The number of hydrogen-bond acceptors (Lipinski definition) is 4. The predicted molar refractivity (Wildman–Crippen MR) is 89.5 cm³/mol. The van der Waals surface area contributed by atoms with E-state index in [1.807, 2.05) is 43.5 Å². The summed E-state index contributed by atoms with van der Waals surface area (Å²) >= 11 is 0. The van der Waals surface area contributed by atoms with Crippen LogP contribution in [0.1, 0.15) is 28.2 Å². The van der Waals surface area contributed by atoms with E-state index in [-0.39, 0.29) is 5.91 Å². The van der Waals surface area contributed by atoms with Crippen molar-refractivity contribution in [1.82, 2.24) is 14.6 Å². The van der Waals surface area contributed by atoms with E-state index in [9.17, 15) is 4.79 Å². The van der Waals surface area contributed by atoms with Gasteiger partial charge in [-0.25, -0.2) is 0 Å². The van der Waals surface area contributed by atoms with Crippen LogP contribution in [0.15, 0.2) is 42.6 Å². The summed E-state index contributed by atoms with van der Waals surface area (Å²) in [4.78, 5) is 12.5.